The predicted molar refractivity (Wildman–Crippen MR) is 136 cm³/mol. The van der Waals surface area contributed by atoms with Crippen molar-refractivity contribution < 1.29 is 19.0 Å². The fraction of sp³-hybridized carbons (Fsp3) is 0.0769. The molecule has 3 aromatic carbocycles. The van der Waals surface area contributed by atoms with Gasteiger partial charge in [0.05, 0.1) is 18.1 Å². The molecule has 1 unspecified atom stereocenters. The Hall–Kier alpha value is -3.70. The van der Waals surface area contributed by atoms with Crippen LogP contribution in [0.2, 0.25) is 10.0 Å². The molecule has 1 atom stereocenters. The maximum Gasteiger partial charge on any atom is 0.355 e. The van der Waals surface area contributed by atoms with Crippen LogP contribution in [-0.2, 0) is 0 Å². The molecule has 0 spiro atoms. The van der Waals surface area contributed by atoms with E-state index in [9.17, 15) is 10.1 Å². The maximum atomic E-state index is 12.9. The molecule has 0 amide bonds. The van der Waals surface area contributed by atoms with Gasteiger partial charge in [0, 0.05) is 32.3 Å². The molecule has 174 valence electrons. The molecule has 1 aliphatic rings. The smallest absolute Gasteiger partial charge is 0.355 e. The Balaban J connectivity index is 1.51. The lowest BCUT2D eigenvalue weighted by Crippen LogP contribution is -2.21. The highest BCUT2D eigenvalue weighted by Gasteiger charge is 2.33. The van der Waals surface area contributed by atoms with Gasteiger partial charge in [0.25, 0.3) is 0 Å². The third-order valence-electron chi connectivity index (χ3n) is 5.63. The van der Waals surface area contributed by atoms with Crippen LogP contribution in [0, 0.1) is 11.3 Å². The number of hydrogen-bond acceptors (Lipinski definition) is 7. The lowest BCUT2D eigenvalue weighted by atomic mass is 9.83. The number of methoxy groups -OCH3 is 1. The van der Waals surface area contributed by atoms with Crippen LogP contribution in [0.4, 0.5) is 0 Å². The van der Waals surface area contributed by atoms with Gasteiger partial charge in [-0.2, -0.15) is 5.26 Å². The van der Waals surface area contributed by atoms with E-state index in [1.165, 1.54) is 11.3 Å². The van der Waals surface area contributed by atoms with Crippen LogP contribution >= 0.6 is 34.5 Å². The van der Waals surface area contributed by atoms with Crippen LogP contribution in [0.3, 0.4) is 0 Å². The normalized spacial score (nSPS) is 14.7. The van der Waals surface area contributed by atoms with E-state index in [2.05, 4.69) is 6.07 Å². The minimum atomic E-state index is -0.606. The molecule has 0 radical (unpaired) electrons. The standard InChI is InChI=1S/C26H16Cl2N2O4S/c1-32-19-5-3-2-4-15(19)22-16-9-7-14(11-20(16)34-25(30)18(22)12-29)33-26(31)24-23(28)17-8-6-13(27)10-21(17)35-24/h2-11,22H,30H2,1H3. The summed E-state index contributed by atoms with van der Waals surface area (Å²) < 4.78 is 17.6. The quantitative estimate of drug-likeness (QED) is 0.238. The van der Waals surface area contributed by atoms with E-state index < -0.39 is 11.9 Å². The number of nitrogens with two attached hydrogens (primary N) is 1. The van der Waals surface area contributed by atoms with E-state index in [1.54, 1.807) is 43.5 Å². The van der Waals surface area contributed by atoms with E-state index in [1.807, 2.05) is 24.3 Å². The molecular formula is C26H16Cl2N2O4S. The van der Waals surface area contributed by atoms with E-state index in [4.69, 9.17) is 43.1 Å². The lowest BCUT2D eigenvalue weighted by Gasteiger charge is -2.27. The van der Waals surface area contributed by atoms with Crippen molar-refractivity contribution in [3.8, 4) is 23.3 Å². The average molecular weight is 523 g/mol. The molecule has 0 saturated carbocycles. The number of allylic oxidation sites excluding steroid dienone is 1. The topological polar surface area (TPSA) is 94.6 Å². The van der Waals surface area contributed by atoms with Crippen LogP contribution < -0.4 is 19.9 Å². The summed E-state index contributed by atoms with van der Waals surface area (Å²) in [6.07, 6.45) is 0. The number of thiophene rings is 1. The molecule has 5 rings (SSSR count). The summed E-state index contributed by atoms with van der Waals surface area (Å²) in [6.45, 7) is 0. The first-order valence-corrected chi connectivity index (χ1v) is 11.9. The van der Waals surface area contributed by atoms with Crippen molar-refractivity contribution in [2.45, 2.75) is 5.92 Å². The molecule has 4 aromatic rings. The number of carbonyl (C=O) groups is 1. The van der Waals surface area contributed by atoms with Crippen LogP contribution in [0.15, 0.2) is 72.1 Å². The minimum Gasteiger partial charge on any atom is -0.496 e. The van der Waals surface area contributed by atoms with Crippen molar-refractivity contribution in [3.05, 3.63) is 98.2 Å². The number of halogens is 2. The number of nitrogens with zero attached hydrogens (tertiary/aromatic N) is 1. The van der Waals surface area contributed by atoms with Gasteiger partial charge in [0.2, 0.25) is 5.88 Å². The van der Waals surface area contributed by atoms with Gasteiger partial charge >= 0.3 is 5.97 Å². The third kappa shape index (κ3) is 4.06. The average Bonchev–Trinajstić information content (AvgIpc) is 3.18. The second-order valence-corrected chi connectivity index (χ2v) is 9.51. The van der Waals surface area contributed by atoms with Gasteiger partial charge in [-0.3, -0.25) is 0 Å². The third-order valence-corrected chi connectivity index (χ3v) is 7.50. The molecule has 0 saturated heterocycles. The molecule has 1 aliphatic heterocycles. The van der Waals surface area contributed by atoms with Gasteiger partial charge in [0.1, 0.15) is 33.8 Å². The van der Waals surface area contributed by atoms with E-state index in [0.29, 0.717) is 27.1 Å². The lowest BCUT2D eigenvalue weighted by molar-refractivity contribution is 0.0740. The molecule has 35 heavy (non-hydrogen) atoms. The van der Waals surface area contributed by atoms with Crippen LogP contribution in [-0.4, -0.2) is 13.1 Å². The van der Waals surface area contributed by atoms with E-state index in [-0.39, 0.29) is 22.1 Å². The molecule has 0 aliphatic carbocycles. The van der Waals surface area contributed by atoms with Crippen molar-refractivity contribution >= 4 is 50.6 Å². The highest BCUT2D eigenvalue weighted by molar-refractivity contribution is 7.21. The van der Waals surface area contributed by atoms with Gasteiger partial charge in [0.15, 0.2) is 0 Å². The highest BCUT2D eigenvalue weighted by atomic mass is 35.5. The molecule has 0 bridgehead atoms. The summed E-state index contributed by atoms with van der Waals surface area (Å²) in [7, 11) is 1.56. The number of rotatable bonds is 4. The van der Waals surface area contributed by atoms with E-state index >= 15 is 0 Å². The predicted octanol–water partition coefficient (Wildman–Crippen LogP) is 6.65. The Morgan fingerprint density at radius 3 is 2.69 bits per heavy atom. The number of ether oxygens (including phenoxy) is 3. The fourth-order valence-corrected chi connectivity index (χ4v) is 5.71. The number of benzene rings is 3. The van der Waals surface area contributed by atoms with Crippen molar-refractivity contribution in [1.82, 2.24) is 0 Å². The van der Waals surface area contributed by atoms with Crippen molar-refractivity contribution in [2.24, 2.45) is 5.73 Å². The second kappa shape index (κ2) is 9.16. The Morgan fingerprint density at radius 2 is 1.91 bits per heavy atom. The molecule has 2 N–H and O–H groups in total. The molecule has 9 heteroatoms. The first-order chi connectivity index (χ1) is 16.9. The number of carbonyl (C=O) groups excluding carboxylic acids is 1. The molecular weight excluding hydrogens is 507 g/mol. The Labute approximate surface area is 214 Å². The number of fused-ring (bicyclic) bond motifs is 2. The summed E-state index contributed by atoms with van der Waals surface area (Å²) in [5, 5.41) is 11.4. The summed E-state index contributed by atoms with van der Waals surface area (Å²) >= 11 is 13.7. The Kier molecular flexibility index (Phi) is 6.03. The van der Waals surface area contributed by atoms with Crippen molar-refractivity contribution in [3.63, 3.8) is 0 Å². The van der Waals surface area contributed by atoms with E-state index in [0.717, 1.165) is 15.6 Å². The van der Waals surface area contributed by atoms with Gasteiger partial charge in [-0.05, 0) is 24.3 Å². The van der Waals surface area contributed by atoms with Gasteiger partial charge < -0.3 is 19.9 Å². The summed E-state index contributed by atoms with van der Waals surface area (Å²) in [6, 6.07) is 19.7. The SMILES string of the molecule is COc1ccccc1C1C(C#N)=C(N)Oc2cc(OC(=O)c3sc4cc(Cl)ccc4c3Cl)ccc21. The van der Waals surface area contributed by atoms with Crippen LogP contribution in [0.25, 0.3) is 10.1 Å². The van der Waals surface area contributed by atoms with Crippen molar-refractivity contribution in [2.75, 3.05) is 7.11 Å². The summed E-state index contributed by atoms with van der Waals surface area (Å²) in [5.74, 6) is 0.0889. The van der Waals surface area contributed by atoms with Gasteiger partial charge in [-0.1, -0.05) is 53.5 Å². The largest absolute Gasteiger partial charge is 0.496 e. The number of nitriles is 1. The van der Waals surface area contributed by atoms with Gasteiger partial charge in [-0.15, -0.1) is 11.3 Å². The van der Waals surface area contributed by atoms with Crippen LogP contribution in [0.5, 0.6) is 17.2 Å². The summed E-state index contributed by atoms with van der Waals surface area (Å²) in [5.41, 5.74) is 7.82. The first-order valence-electron chi connectivity index (χ1n) is 10.4. The first kappa shape index (κ1) is 23.1. The Bertz CT molecular complexity index is 1570. The highest BCUT2D eigenvalue weighted by Crippen LogP contribution is 2.46. The van der Waals surface area contributed by atoms with Crippen molar-refractivity contribution in [1.29, 1.82) is 5.26 Å². The number of para-hydroxylation sites is 1. The Morgan fingerprint density at radius 1 is 1.11 bits per heavy atom. The fourth-order valence-electron chi connectivity index (χ4n) is 4.05. The number of hydrogen-bond donors (Lipinski definition) is 1. The summed E-state index contributed by atoms with van der Waals surface area (Å²) in [4.78, 5) is 13.2. The molecule has 6 nitrogen and oxygen atoms in total. The zero-order chi connectivity index (χ0) is 24.7. The maximum absolute atomic E-state index is 12.9. The zero-order valence-corrected chi connectivity index (χ0v) is 20.5. The molecule has 1 aromatic heterocycles. The van der Waals surface area contributed by atoms with Gasteiger partial charge in [-0.25, -0.2) is 4.79 Å². The van der Waals surface area contributed by atoms with Crippen LogP contribution in [0.1, 0.15) is 26.7 Å². The molecule has 0 fully saturated rings. The number of esters is 1. The minimum absolute atomic E-state index is 0.0242. The second-order valence-electron chi connectivity index (χ2n) is 7.64. The zero-order valence-electron chi connectivity index (χ0n) is 18.2. The monoisotopic (exact) mass is 522 g/mol. The molecule has 2 heterocycles.